The molecule has 0 radical (unpaired) electrons. The number of hydrogen-bond acceptors (Lipinski definition) is 4. The van der Waals surface area contributed by atoms with Gasteiger partial charge < -0.3 is 5.32 Å². The molecule has 2 aliphatic heterocycles. The lowest BCUT2D eigenvalue weighted by Crippen LogP contribution is -2.54. The second-order valence-corrected chi connectivity index (χ2v) is 6.20. The molecule has 0 spiro atoms. The van der Waals surface area contributed by atoms with E-state index in [0.717, 1.165) is 32.7 Å². The molecule has 3 rings (SSSR count). The van der Waals surface area contributed by atoms with Crippen LogP contribution in [0, 0.1) is 0 Å². The molecule has 0 bridgehead atoms. The summed E-state index contributed by atoms with van der Waals surface area (Å²) in [7, 11) is 0. The van der Waals surface area contributed by atoms with E-state index in [1.54, 1.807) is 0 Å². The highest BCUT2D eigenvalue weighted by Crippen LogP contribution is 2.13. The molecule has 6 heteroatoms. The van der Waals surface area contributed by atoms with E-state index in [9.17, 15) is 9.59 Å². The van der Waals surface area contributed by atoms with Gasteiger partial charge in [0.15, 0.2) is 0 Å². The quantitative estimate of drug-likeness (QED) is 0.890. The molecule has 0 unspecified atom stereocenters. The molecule has 2 saturated heterocycles. The molecule has 0 aliphatic carbocycles. The Morgan fingerprint density at radius 2 is 1.83 bits per heavy atom. The van der Waals surface area contributed by atoms with Crippen LogP contribution in [-0.4, -0.2) is 71.9 Å². The number of hydrogen-bond donors (Lipinski definition) is 1. The highest BCUT2D eigenvalue weighted by molar-refractivity contribution is 5.98. The van der Waals surface area contributed by atoms with Crippen LogP contribution in [-0.2, 0) is 11.3 Å². The minimum absolute atomic E-state index is 0.0866. The molecule has 2 heterocycles. The number of rotatable bonds is 4. The summed E-state index contributed by atoms with van der Waals surface area (Å²) < 4.78 is 0. The molecule has 1 aromatic carbocycles. The zero-order chi connectivity index (χ0) is 16.2. The summed E-state index contributed by atoms with van der Waals surface area (Å²) in [6, 6.07) is 9.95. The van der Waals surface area contributed by atoms with Crippen molar-refractivity contribution >= 4 is 11.9 Å². The average molecular weight is 316 g/mol. The van der Waals surface area contributed by atoms with Crippen molar-refractivity contribution in [1.29, 1.82) is 0 Å². The van der Waals surface area contributed by atoms with Crippen LogP contribution in [0.25, 0.3) is 0 Å². The van der Waals surface area contributed by atoms with Crippen LogP contribution >= 0.6 is 0 Å². The number of nitrogens with one attached hydrogen (secondary N) is 1. The van der Waals surface area contributed by atoms with E-state index >= 15 is 0 Å². The largest absolute Gasteiger partial charge is 0.336 e. The second-order valence-electron chi connectivity index (χ2n) is 6.20. The van der Waals surface area contributed by atoms with Crippen molar-refractivity contribution < 1.29 is 9.59 Å². The van der Waals surface area contributed by atoms with E-state index in [1.807, 2.05) is 13.0 Å². The van der Waals surface area contributed by atoms with Crippen LogP contribution in [0.4, 0.5) is 4.79 Å². The molecule has 23 heavy (non-hydrogen) atoms. The maximum Gasteiger partial charge on any atom is 0.324 e. The molecule has 2 aliphatic rings. The molecule has 6 nitrogen and oxygen atoms in total. The van der Waals surface area contributed by atoms with Crippen molar-refractivity contribution in [3.05, 3.63) is 35.9 Å². The molecule has 3 amide bonds. The molecular formula is C17H24N4O2. The SMILES string of the molecule is C[C@H](C(=O)N1CCNC1=O)N1CCN(Cc2ccccc2)CC1. The lowest BCUT2D eigenvalue weighted by Gasteiger charge is -2.38. The third kappa shape index (κ3) is 3.71. The van der Waals surface area contributed by atoms with Gasteiger partial charge in [0.1, 0.15) is 0 Å². The Labute approximate surface area is 137 Å². The fourth-order valence-electron chi connectivity index (χ4n) is 3.21. The first-order valence-electron chi connectivity index (χ1n) is 8.24. The average Bonchev–Trinajstić information content (AvgIpc) is 3.01. The van der Waals surface area contributed by atoms with Crippen LogP contribution < -0.4 is 5.32 Å². The van der Waals surface area contributed by atoms with Crippen molar-refractivity contribution in [2.75, 3.05) is 39.3 Å². The number of carbonyl (C=O) groups is 2. The van der Waals surface area contributed by atoms with Crippen LogP contribution in [0.15, 0.2) is 30.3 Å². The predicted molar refractivity (Wildman–Crippen MR) is 87.9 cm³/mol. The van der Waals surface area contributed by atoms with Gasteiger partial charge in [0.2, 0.25) is 5.91 Å². The summed E-state index contributed by atoms with van der Waals surface area (Å²) in [6.45, 7) is 7.49. The monoisotopic (exact) mass is 316 g/mol. The lowest BCUT2D eigenvalue weighted by atomic mass is 10.1. The molecule has 2 fully saturated rings. The van der Waals surface area contributed by atoms with Gasteiger partial charge >= 0.3 is 6.03 Å². The highest BCUT2D eigenvalue weighted by atomic mass is 16.2. The first-order chi connectivity index (χ1) is 11.1. The van der Waals surface area contributed by atoms with E-state index in [-0.39, 0.29) is 18.0 Å². The van der Waals surface area contributed by atoms with Crippen molar-refractivity contribution in [1.82, 2.24) is 20.0 Å². The molecule has 1 atom stereocenters. The van der Waals surface area contributed by atoms with Gasteiger partial charge in [-0.1, -0.05) is 30.3 Å². The molecule has 1 aromatic rings. The summed E-state index contributed by atoms with van der Waals surface area (Å²) in [5.74, 6) is -0.0866. The maximum atomic E-state index is 12.4. The Kier molecular flexibility index (Phi) is 4.93. The Hall–Kier alpha value is -1.92. The summed E-state index contributed by atoms with van der Waals surface area (Å²) in [4.78, 5) is 30.0. The van der Waals surface area contributed by atoms with Gasteiger partial charge in [-0.05, 0) is 12.5 Å². The fraction of sp³-hybridized carbons (Fsp3) is 0.529. The van der Waals surface area contributed by atoms with E-state index < -0.39 is 0 Å². The topological polar surface area (TPSA) is 55.9 Å². The summed E-state index contributed by atoms with van der Waals surface area (Å²) in [5, 5.41) is 2.68. The zero-order valence-electron chi connectivity index (χ0n) is 13.6. The standard InChI is InChI=1S/C17H24N4O2/c1-14(16(22)21-8-7-18-17(21)23)20-11-9-19(10-12-20)13-15-5-3-2-4-6-15/h2-6,14H,7-13H2,1H3,(H,18,23)/t14-/m1/s1. The van der Waals surface area contributed by atoms with E-state index in [0.29, 0.717) is 13.1 Å². The number of imide groups is 1. The number of carbonyl (C=O) groups excluding carboxylic acids is 2. The molecular weight excluding hydrogens is 292 g/mol. The Morgan fingerprint density at radius 3 is 2.43 bits per heavy atom. The molecule has 1 N–H and O–H groups in total. The van der Waals surface area contributed by atoms with Gasteiger partial charge in [0.05, 0.1) is 6.04 Å². The second kappa shape index (κ2) is 7.10. The first-order valence-corrected chi connectivity index (χ1v) is 8.24. The maximum absolute atomic E-state index is 12.4. The van der Waals surface area contributed by atoms with Gasteiger partial charge in [0.25, 0.3) is 0 Å². The van der Waals surface area contributed by atoms with Gasteiger partial charge in [0, 0.05) is 45.8 Å². The number of urea groups is 1. The fourth-order valence-corrected chi connectivity index (χ4v) is 3.21. The smallest absolute Gasteiger partial charge is 0.324 e. The van der Waals surface area contributed by atoms with Crippen molar-refractivity contribution in [2.45, 2.75) is 19.5 Å². The van der Waals surface area contributed by atoms with Crippen LogP contribution in [0.3, 0.4) is 0 Å². The molecule has 0 saturated carbocycles. The Bertz CT molecular complexity index is 555. The number of benzene rings is 1. The summed E-state index contributed by atoms with van der Waals surface area (Å²) in [6.07, 6.45) is 0. The van der Waals surface area contributed by atoms with Gasteiger partial charge in [-0.3, -0.25) is 19.5 Å². The van der Waals surface area contributed by atoms with Crippen molar-refractivity contribution in [2.24, 2.45) is 0 Å². The number of nitrogens with zero attached hydrogens (tertiary/aromatic N) is 3. The lowest BCUT2D eigenvalue weighted by molar-refractivity contribution is -0.133. The third-order valence-corrected chi connectivity index (χ3v) is 4.68. The Morgan fingerprint density at radius 1 is 1.13 bits per heavy atom. The van der Waals surface area contributed by atoms with Gasteiger partial charge in [-0.25, -0.2) is 4.79 Å². The molecule has 124 valence electrons. The summed E-state index contributed by atoms with van der Waals surface area (Å²) >= 11 is 0. The summed E-state index contributed by atoms with van der Waals surface area (Å²) in [5.41, 5.74) is 1.32. The van der Waals surface area contributed by atoms with E-state index in [1.165, 1.54) is 10.5 Å². The third-order valence-electron chi connectivity index (χ3n) is 4.68. The highest BCUT2D eigenvalue weighted by Gasteiger charge is 2.33. The normalized spacial score (nSPS) is 21.3. The van der Waals surface area contributed by atoms with Crippen LogP contribution in [0.5, 0.6) is 0 Å². The Balaban J connectivity index is 1.50. The number of amides is 3. The van der Waals surface area contributed by atoms with Crippen molar-refractivity contribution in [3.8, 4) is 0 Å². The van der Waals surface area contributed by atoms with Crippen LogP contribution in [0.2, 0.25) is 0 Å². The van der Waals surface area contributed by atoms with Crippen LogP contribution in [0.1, 0.15) is 12.5 Å². The van der Waals surface area contributed by atoms with E-state index in [2.05, 4.69) is 39.4 Å². The predicted octanol–water partition coefficient (Wildman–Crippen LogP) is 0.745. The van der Waals surface area contributed by atoms with Gasteiger partial charge in [-0.15, -0.1) is 0 Å². The zero-order valence-corrected chi connectivity index (χ0v) is 13.6. The minimum atomic E-state index is -0.260. The van der Waals surface area contributed by atoms with E-state index in [4.69, 9.17) is 0 Å². The number of piperazine rings is 1. The first kappa shape index (κ1) is 16.0. The minimum Gasteiger partial charge on any atom is -0.336 e. The van der Waals surface area contributed by atoms with Crippen molar-refractivity contribution in [3.63, 3.8) is 0 Å². The van der Waals surface area contributed by atoms with Gasteiger partial charge in [-0.2, -0.15) is 0 Å². The molecule has 0 aromatic heterocycles.